The molecule has 1 fully saturated rings. The van der Waals surface area contributed by atoms with Gasteiger partial charge in [-0.15, -0.1) is 0 Å². The van der Waals surface area contributed by atoms with Crippen molar-refractivity contribution in [3.63, 3.8) is 0 Å². The van der Waals surface area contributed by atoms with Crippen LogP contribution in [0.2, 0.25) is 5.02 Å². The van der Waals surface area contributed by atoms with Crippen LogP contribution in [-0.2, 0) is 11.3 Å². The molecule has 174 valence electrons. The Bertz CT molecular complexity index is 1300. The van der Waals surface area contributed by atoms with Crippen LogP contribution in [0.3, 0.4) is 0 Å². The fourth-order valence-electron chi connectivity index (χ4n) is 4.61. The Morgan fingerprint density at radius 1 is 1.03 bits per heavy atom. The zero-order valence-electron chi connectivity index (χ0n) is 19.3. The third-order valence-corrected chi connectivity index (χ3v) is 6.60. The minimum absolute atomic E-state index is 0.0442. The number of para-hydroxylation sites is 2. The highest BCUT2D eigenvalue weighted by Gasteiger charge is 2.34. The van der Waals surface area contributed by atoms with E-state index < -0.39 is 0 Å². The lowest BCUT2D eigenvalue weighted by Gasteiger charge is -2.18. The topological polar surface area (TPSA) is 47.4 Å². The molecule has 1 saturated heterocycles. The molecule has 1 aromatic heterocycles. The van der Waals surface area contributed by atoms with Crippen molar-refractivity contribution in [2.45, 2.75) is 38.6 Å². The van der Waals surface area contributed by atoms with Crippen molar-refractivity contribution in [3.05, 3.63) is 89.2 Å². The van der Waals surface area contributed by atoms with Crippen LogP contribution in [0.4, 0.5) is 5.69 Å². The molecule has 0 N–H and O–H groups in total. The van der Waals surface area contributed by atoms with E-state index in [2.05, 4.69) is 29.7 Å². The van der Waals surface area contributed by atoms with E-state index in [1.165, 1.54) is 5.56 Å². The van der Waals surface area contributed by atoms with Gasteiger partial charge in [-0.1, -0.05) is 47.5 Å². The summed E-state index contributed by atoms with van der Waals surface area (Å²) in [7, 11) is 0. The predicted molar refractivity (Wildman–Crippen MR) is 137 cm³/mol. The zero-order chi connectivity index (χ0) is 23.5. The Hall–Kier alpha value is -3.31. The molecule has 0 aliphatic carbocycles. The Balaban J connectivity index is 1.29. The largest absolute Gasteiger partial charge is 0.494 e. The number of ether oxygens (including phenoxy) is 1. The van der Waals surface area contributed by atoms with Crippen molar-refractivity contribution in [1.82, 2.24) is 9.55 Å². The Labute approximate surface area is 204 Å². The lowest BCUT2D eigenvalue weighted by atomic mass is 10.1. The molecule has 34 heavy (non-hydrogen) atoms. The minimum Gasteiger partial charge on any atom is -0.494 e. The van der Waals surface area contributed by atoms with E-state index in [-0.39, 0.29) is 11.8 Å². The summed E-state index contributed by atoms with van der Waals surface area (Å²) in [4.78, 5) is 19.7. The first-order valence-corrected chi connectivity index (χ1v) is 12.2. The maximum absolute atomic E-state index is 12.9. The highest BCUT2D eigenvalue weighted by atomic mass is 35.5. The summed E-state index contributed by atoms with van der Waals surface area (Å²) >= 11 is 6.17. The van der Waals surface area contributed by atoms with E-state index in [9.17, 15) is 4.79 Å². The van der Waals surface area contributed by atoms with Gasteiger partial charge in [-0.05, 0) is 62.2 Å². The van der Waals surface area contributed by atoms with Crippen molar-refractivity contribution in [1.29, 1.82) is 0 Å². The van der Waals surface area contributed by atoms with Crippen LogP contribution in [0, 0.1) is 6.92 Å². The number of benzene rings is 3. The molecule has 6 heteroatoms. The number of amides is 1. The third kappa shape index (κ3) is 4.80. The molecule has 3 aromatic carbocycles. The summed E-state index contributed by atoms with van der Waals surface area (Å²) in [6, 6.07) is 23.9. The van der Waals surface area contributed by atoms with Gasteiger partial charge in [-0.2, -0.15) is 0 Å². The molecule has 1 aliphatic heterocycles. The number of nitrogens with zero attached hydrogens (tertiary/aromatic N) is 3. The lowest BCUT2D eigenvalue weighted by Crippen LogP contribution is -2.24. The maximum Gasteiger partial charge on any atom is 0.227 e. The second kappa shape index (κ2) is 9.90. The molecule has 4 aromatic rings. The first-order chi connectivity index (χ1) is 16.6. The van der Waals surface area contributed by atoms with Crippen LogP contribution < -0.4 is 9.64 Å². The van der Waals surface area contributed by atoms with Gasteiger partial charge in [0.1, 0.15) is 11.6 Å². The Morgan fingerprint density at radius 3 is 2.68 bits per heavy atom. The number of carbonyl (C=O) groups excluding carboxylic acids is 1. The number of unbranched alkanes of at least 4 members (excludes halogenated alkanes) is 1. The van der Waals surface area contributed by atoms with Gasteiger partial charge in [0, 0.05) is 36.1 Å². The molecule has 0 bridgehead atoms. The number of fused-ring (bicyclic) bond motifs is 1. The number of imidazole rings is 1. The molecule has 0 radical (unpaired) electrons. The summed E-state index contributed by atoms with van der Waals surface area (Å²) in [6.07, 6.45) is 2.36. The Morgan fingerprint density at radius 2 is 1.85 bits per heavy atom. The molecule has 1 atom stereocenters. The second-order valence-electron chi connectivity index (χ2n) is 8.86. The van der Waals surface area contributed by atoms with Crippen LogP contribution in [0.15, 0.2) is 72.8 Å². The average molecular weight is 474 g/mol. The number of aryl methyl sites for hydroxylation is 2. The van der Waals surface area contributed by atoms with Gasteiger partial charge in [0.15, 0.2) is 0 Å². The number of carbonyl (C=O) groups is 1. The van der Waals surface area contributed by atoms with Gasteiger partial charge in [0.05, 0.1) is 17.6 Å². The molecule has 0 saturated carbocycles. The standard InChI is InChI=1S/C28H28ClN3O2/c1-20-11-13-24(14-12-20)34-16-5-4-15-31-26-10-3-2-9-25(26)30-28(31)21-17-27(33)32(19-21)23-8-6-7-22(29)18-23/h2-3,6-14,18,21H,4-5,15-17,19H2,1H3. The summed E-state index contributed by atoms with van der Waals surface area (Å²) in [5.74, 6) is 2.04. The fraction of sp³-hybridized carbons (Fsp3) is 0.286. The lowest BCUT2D eigenvalue weighted by molar-refractivity contribution is -0.117. The molecular formula is C28H28ClN3O2. The Kier molecular flexibility index (Phi) is 6.54. The van der Waals surface area contributed by atoms with Crippen molar-refractivity contribution < 1.29 is 9.53 Å². The predicted octanol–water partition coefficient (Wildman–Crippen LogP) is 6.38. The minimum atomic E-state index is 0.0442. The molecule has 2 heterocycles. The molecule has 5 rings (SSSR count). The second-order valence-corrected chi connectivity index (χ2v) is 9.30. The number of aromatic nitrogens is 2. The highest BCUT2D eigenvalue weighted by molar-refractivity contribution is 6.30. The van der Waals surface area contributed by atoms with Crippen molar-refractivity contribution in [3.8, 4) is 5.75 Å². The summed E-state index contributed by atoms with van der Waals surface area (Å²) in [5.41, 5.74) is 4.16. The molecule has 0 spiro atoms. The van der Waals surface area contributed by atoms with E-state index >= 15 is 0 Å². The normalized spacial score (nSPS) is 15.9. The van der Waals surface area contributed by atoms with Crippen LogP contribution in [-0.4, -0.2) is 28.6 Å². The summed E-state index contributed by atoms with van der Waals surface area (Å²) in [6.45, 7) is 4.20. The number of hydrogen-bond donors (Lipinski definition) is 0. The summed E-state index contributed by atoms with van der Waals surface area (Å²) in [5, 5.41) is 0.633. The zero-order valence-corrected chi connectivity index (χ0v) is 20.0. The van der Waals surface area contributed by atoms with Gasteiger partial charge in [-0.25, -0.2) is 4.98 Å². The van der Waals surface area contributed by atoms with Crippen molar-refractivity contribution >= 4 is 34.2 Å². The first-order valence-electron chi connectivity index (χ1n) is 11.8. The average Bonchev–Trinajstić information content (AvgIpc) is 3.40. The quantitative estimate of drug-likeness (QED) is 0.279. The summed E-state index contributed by atoms with van der Waals surface area (Å²) < 4.78 is 8.19. The van der Waals surface area contributed by atoms with Gasteiger partial charge in [0.25, 0.3) is 0 Å². The van der Waals surface area contributed by atoms with E-state index in [4.69, 9.17) is 21.3 Å². The van der Waals surface area contributed by atoms with E-state index in [0.29, 0.717) is 24.6 Å². The SMILES string of the molecule is Cc1ccc(OCCCCn2c(C3CC(=O)N(c4cccc(Cl)c4)C3)nc3ccccc32)cc1. The van der Waals surface area contributed by atoms with Gasteiger partial charge in [0.2, 0.25) is 5.91 Å². The number of halogens is 1. The maximum atomic E-state index is 12.9. The third-order valence-electron chi connectivity index (χ3n) is 6.36. The first kappa shape index (κ1) is 22.5. The number of hydrogen-bond acceptors (Lipinski definition) is 3. The van der Waals surface area contributed by atoms with E-state index in [1.54, 1.807) is 0 Å². The van der Waals surface area contributed by atoms with Gasteiger partial charge >= 0.3 is 0 Å². The van der Waals surface area contributed by atoms with E-state index in [1.807, 2.05) is 59.5 Å². The van der Waals surface area contributed by atoms with Gasteiger partial charge < -0.3 is 14.2 Å². The van der Waals surface area contributed by atoms with Gasteiger partial charge in [-0.3, -0.25) is 4.79 Å². The molecule has 1 amide bonds. The van der Waals surface area contributed by atoms with Crippen molar-refractivity contribution in [2.24, 2.45) is 0 Å². The molecule has 1 aliphatic rings. The van der Waals surface area contributed by atoms with Crippen LogP contribution in [0.25, 0.3) is 11.0 Å². The fourth-order valence-corrected chi connectivity index (χ4v) is 4.80. The molecule has 5 nitrogen and oxygen atoms in total. The van der Waals surface area contributed by atoms with Crippen LogP contribution in [0.1, 0.15) is 36.6 Å². The van der Waals surface area contributed by atoms with Crippen LogP contribution >= 0.6 is 11.6 Å². The smallest absolute Gasteiger partial charge is 0.227 e. The molecule has 1 unspecified atom stereocenters. The highest BCUT2D eigenvalue weighted by Crippen LogP contribution is 2.34. The molecular weight excluding hydrogens is 446 g/mol. The number of anilines is 1. The van der Waals surface area contributed by atoms with Crippen molar-refractivity contribution in [2.75, 3.05) is 18.1 Å². The van der Waals surface area contributed by atoms with E-state index in [0.717, 1.165) is 47.7 Å². The monoisotopic (exact) mass is 473 g/mol. The van der Waals surface area contributed by atoms with Crippen LogP contribution in [0.5, 0.6) is 5.75 Å². The number of rotatable bonds is 8.